The molecule has 0 amide bonds. The number of fused-ring (bicyclic) bond motifs is 1. The van der Waals surface area contributed by atoms with E-state index in [2.05, 4.69) is 79.0 Å². The van der Waals surface area contributed by atoms with Gasteiger partial charge in [0, 0.05) is 17.6 Å². The van der Waals surface area contributed by atoms with Crippen LogP contribution in [0.3, 0.4) is 0 Å². The Labute approximate surface area is 253 Å². The zero-order valence-corrected chi connectivity index (χ0v) is 26.6. The summed E-state index contributed by atoms with van der Waals surface area (Å²) in [4.78, 5) is 0. The van der Waals surface area contributed by atoms with E-state index >= 15 is 0 Å². The van der Waals surface area contributed by atoms with Gasteiger partial charge in [-0.15, -0.1) is 0 Å². The predicted octanol–water partition coefficient (Wildman–Crippen LogP) is 12.9. The molecule has 3 rings (SSSR count). The molecule has 0 spiro atoms. The Kier molecular flexibility index (Phi) is 18.1. The highest BCUT2D eigenvalue weighted by atomic mass is 14.9. The van der Waals surface area contributed by atoms with E-state index in [1.54, 1.807) is 0 Å². The molecule has 0 unspecified atom stereocenters. The molecule has 41 heavy (non-hydrogen) atoms. The third-order valence-electron chi connectivity index (χ3n) is 8.85. The Bertz CT molecular complexity index is 1020. The minimum atomic E-state index is 1.10. The molecule has 0 aromatic heterocycles. The van der Waals surface area contributed by atoms with Crippen LogP contribution in [0, 0.1) is 0 Å². The summed E-state index contributed by atoms with van der Waals surface area (Å²) in [5.74, 6) is 0. The zero-order valence-electron chi connectivity index (χ0n) is 26.6. The maximum absolute atomic E-state index is 3.88. The summed E-state index contributed by atoms with van der Waals surface area (Å²) >= 11 is 0. The van der Waals surface area contributed by atoms with Crippen LogP contribution in [-0.2, 0) is 12.8 Å². The van der Waals surface area contributed by atoms with E-state index in [9.17, 15) is 0 Å². The van der Waals surface area contributed by atoms with Gasteiger partial charge in [-0.05, 0) is 48.6 Å². The Balaban J connectivity index is 1.25. The number of hydrogen-bond donors (Lipinski definition) is 1. The highest BCUT2D eigenvalue weighted by Gasteiger charge is 2.07. The van der Waals surface area contributed by atoms with Crippen molar-refractivity contribution in [2.45, 2.75) is 148 Å². The van der Waals surface area contributed by atoms with Gasteiger partial charge in [-0.25, -0.2) is 0 Å². The number of rotatable bonds is 25. The third-order valence-corrected chi connectivity index (χ3v) is 8.85. The van der Waals surface area contributed by atoms with Gasteiger partial charge in [-0.1, -0.05) is 183 Å². The molecule has 0 atom stereocenters. The first kappa shape index (κ1) is 33.2. The van der Waals surface area contributed by atoms with Crippen molar-refractivity contribution in [2.75, 3.05) is 11.9 Å². The fourth-order valence-electron chi connectivity index (χ4n) is 6.26. The monoisotopic (exact) mass is 555 g/mol. The molecular weight excluding hydrogens is 494 g/mol. The molecule has 3 aromatic carbocycles. The van der Waals surface area contributed by atoms with Crippen LogP contribution in [0.1, 0.15) is 146 Å². The largest absolute Gasteiger partial charge is 0.384 e. The highest BCUT2D eigenvalue weighted by Crippen LogP contribution is 2.29. The Morgan fingerprint density at radius 1 is 0.439 bits per heavy atom. The lowest BCUT2D eigenvalue weighted by molar-refractivity contribution is 0.551. The van der Waals surface area contributed by atoms with Crippen LogP contribution < -0.4 is 5.32 Å². The normalized spacial score (nSPS) is 11.3. The average molecular weight is 556 g/mol. The molecule has 0 radical (unpaired) electrons. The van der Waals surface area contributed by atoms with E-state index in [4.69, 9.17) is 0 Å². The molecule has 1 nitrogen and oxygen atoms in total. The van der Waals surface area contributed by atoms with Crippen molar-refractivity contribution in [2.24, 2.45) is 0 Å². The van der Waals surface area contributed by atoms with E-state index in [1.807, 2.05) is 0 Å². The van der Waals surface area contributed by atoms with Gasteiger partial charge >= 0.3 is 0 Å². The third kappa shape index (κ3) is 14.4. The fraction of sp³-hybridized carbons (Fsp3) is 0.600. The van der Waals surface area contributed by atoms with Crippen LogP contribution >= 0.6 is 0 Å². The number of aryl methyl sites for hydroxylation is 2. The van der Waals surface area contributed by atoms with Crippen LogP contribution in [0.2, 0.25) is 0 Å². The molecule has 0 heterocycles. The van der Waals surface area contributed by atoms with Crippen LogP contribution in [0.5, 0.6) is 0 Å². The Hall–Kier alpha value is -2.28. The first-order valence-corrected chi connectivity index (χ1v) is 17.7. The van der Waals surface area contributed by atoms with Gasteiger partial charge in [0.05, 0.1) is 0 Å². The minimum absolute atomic E-state index is 1.10. The molecule has 0 aliphatic carbocycles. The number of benzene rings is 3. The second-order valence-corrected chi connectivity index (χ2v) is 12.5. The summed E-state index contributed by atoms with van der Waals surface area (Å²) in [5, 5.41) is 6.65. The molecule has 226 valence electrons. The Morgan fingerprint density at radius 3 is 1.59 bits per heavy atom. The van der Waals surface area contributed by atoms with Crippen molar-refractivity contribution in [3.8, 4) is 0 Å². The lowest BCUT2D eigenvalue weighted by Gasteiger charge is -2.16. The van der Waals surface area contributed by atoms with Crippen molar-refractivity contribution in [1.29, 1.82) is 0 Å². The van der Waals surface area contributed by atoms with Crippen molar-refractivity contribution in [1.82, 2.24) is 0 Å². The molecule has 3 aromatic rings. The number of anilines is 1. The molecule has 0 bridgehead atoms. The molecule has 1 heteroatoms. The standard InChI is InChI=1S/C40H61N/c1-2-3-4-5-6-7-12-15-18-26-35-41-40-38(34-33-37-30-24-25-32-39(37)40)31-23-17-14-11-9-8-10-13-16-20-27-36-28-21-19-22-29-36/h19,21-22,24-25,28-30,32-34,41H,2-18,20,23,26-27,31,35H2,1H3. The summed E-state index contributed by atoms with van der Waals surface area (Å²) in [6.45, 7) is 3.40. The maximum Gasteiger partial charge on any atom is 0.0452 e. The fourth-order valence-corrected chi connectivity index (χ4v) is 6.26. The van der Waals surface area contributed by atoms with Crippen molar-refractivity contribution < 1.29 is 0 Å². The maximum atomic E-state index is 3.88. The van der Waals surface area contributed by atoms with Gasteiger partial charge in [0.2, 0.25) is 0 Å². The van der Waals surface area contributed by atoms with Crippen molar-refractivity contribution in [3.63, 3.8) is 0 Å². The van der Waals surface area contributed by atoms with Crippen molar-refractivity contribution >= 4 is 16.5 Å². The van der Waals surface area contributed by atoms with E-state index in [1.165, 1.54) is 169 Å². The first-order chi connectivity index (χ1) is 20.4. The van der Waals surface area contributed by atoms with Gasteiger partial charge in [-0.3, -0.25) is 0 Å². The van der Waals surface area contributed by atoms with Gasteiger partial charge < -0.3 is 5.32 Å². The highest BCUT2D eigenvalue weighted by molar-refractivity contribution is 5.95. The second kappa shape index (κ2) is 22.3. The van der Waals surface area contributed by atoms with E-state index < -0.39 is 0 Å². The zero-order chi connectivity index (χ0) is 28.6. The van der Waals surface area contributed by atoms with Gasteiger partial charge in [0.15, 0.2) is 0 Å². The molecule has 0 fully saturated rings. The van der Waals surface area contributed by atoms with Crippen LogP contribution in [0.25, 0.3) is 10.8 Å². The smallest absolute Gasteiger partial charge is 0.0452 e. The topological polar surface area (TPSA) is 12.0 Å². The summed E-state index contributed by atoms with van der Waals surface area (Å²) in [5.41, 5.74) is 4.42. The SMILES string of the molecule is CCCCCCCCCCCCNc1c(CCCCCCCCCCCCc2ccccc2)ccc2ccccc12. The quantitative estimate of drug-likeness (QED) is 0.102. The minimum Gasteiger partial charge on any atom is -0.384 e. The summed E-state index contributed by atoms with van der Waals surface area (Å²) in [6, 6.07) is 24.6. The van der Waals surface area contributed by atoms with Gasteiger partial charge in [0.25, 0.3) is 0 Å². The predicted molar refractivity (Wildman–Crippen MR) is 184 cm³/mol. The van der Waals surface area contributed by atoms with Gasteiger partial charge in [0.1, 0.15) is 0 Å². The summed E-state index contributed by atoms with van der Waals surface area (Å²) in [6.07, 6.45) is 30.3. The van der Waals surface area contributed by atoms with Crippen LogP contribution in [0.4, 0.5) is 5.69 Å². The Morgan fingerprint density at radius 2 is 0.951 bits per heavy atom. The van der Waals surface area contributed by atoms with Crippen molar-refractivity contribution in [3.05, 3.63) is 77.9 Å². The van der Waals surface area contributed by atoms with Crippen LogP contribution in [-0.4, -0.2) is 6.54 Å². The summed E-state index contributed by atoms with van der Waals surface area (Å²) in [7, 11) is 0. The molecular formula is C40H61N. The van der Waals surface area contributed by atoms with E-state index in [0.29, 0.717) is 0 Å². The first-order valence-electron chi connectivity index (χ1n) is 17.7. The molecule has 0 saturated carbocycles. The van der Waals surface area contributed by atoms with E-state index in [0.717, 1.165) is 6.54 Å². The van der Waals surface area contributed by atoms with Crippen LogP contribution in [0.15, 0.2) is 66.7 Å². The lowest BCUT2D eigenvalue weighted by Crippen LogP contribution is -2.05. The number of hydrogen-bond acceptors (Lipinski definition) is 1. The number of nitrogens with one attached hydrogen (secondary N) is 1. The molecule has 0 saturated heterocycles. The number of unbranched alkanes of at least 4 members (excludes halogenated alkanes) is 18. The average Bonchev–Trinajstić information content (AvgIpc) is 3.01. The lowest BCUT2D eigenvalue weighted by atomic mass is 9.98. The molecule has 0 aliphatic rings. The van der Waals surface area contributed by atoms with Gasteiger partial charge in [-0.2, -0.15) is 0 Å². The summed E-state index contributed by atoms with van der Waals surface area (Å²) < 4.78 is 0. The molecule has 1 N–H and O–H groups in total. The van der Waals surface area contributed by atoms with E-state index in [-0.39, 0.29) is 0 Å². The molecule has 0 aliphatic heterocycles. The second-order valence-electron chi connectivity index (χ2n) is 12.5.